The van der Waals surface area contributed by atoms with Gasteiger partial charge in [0.1, 0.15) is 11.9 Å². The van der Waals surface area contributed by atoms with Gasteiger partial charge in [-0.05, 0) is 18.9 Å². The van der Waals surface area contributed by atoms with Crippen molar-refractivity contribution in [3.8, 4) is 5.75 Å². The van der Waals surface area contributed by atoms with Crippen LogP contribution in [0.2, 0.25) is 0 Å². The molecular formula is C11H12N2O5. The van der Waals surface area contributed by atoms with Gasteiger partial charge in [0, 0.05) is 18.7 Å². The second-order valence-electron chi connectivity index (χ2n) is 3.95. The number of benzene rings is 1. The Morgan fingerprint density at radius 3 is 2.94 bits per heavy atom. The van der Waals surface area contributed by atoms with E-state index in [4.69, 9.17) is 4.74 Å². The quantitative estimate of drug-likeness (QED) is 0.481. The largest absolute Gasteiger partial charge is 0.506 e. The predicted molar refractivity (Wildman–Crippen MR) is 62.4 cm³/mol. The molecule has 96 valence electrons. The van der Waals surface area contributed by atoms with Gasteiger partial charge in [0.15, 0.2) is 0 Å². The van der Waals surface area contributed by atoms with E-state index in [2.05, 4.69) is 5.32 Å². The fourth-order valence-electron chi connectivity index (χ4n) is 1.74. The molecular weight excluding hydrogens is 240 g/mol. The number of hydrogen-bond acceptors (Lipinski definition) is 5. The number of carbonyl (C=O) groups is 1. The van der Waals surface area contributed by atoms with E-state index in [0.29, 0.717) is 13.0 Å². The summed E-state index contributed by atoms with van der Waals surface area (Å²) in [5.41, 5.74) is -0.180. The lowest BCUT2D eigenvalue weighted by molar-refractivity contribution is -0.384. The first-order chi connectivity index (χ1) is 8.58. The van der Waals surface area contributed by atoms with Crippen LogP contribution >= 0.6 is 0 Å². The zero-order valence-electron chi connectivity index (χ0n) is 9.46. The Balaban J connectivity index is 2.14. The van der Waals surface area contributed by atoms with E-state index >= 15 is 0 Å². The number of nitrogens with one attached hydrogen (secondary N) is 1. The molecule has 2 rings (SSSR count). The van der Waals surface area contributed by atoms with Crippen molar-refractivity contribution in [3.05, 3.63) is 28.3 Å². The molecule has 7 heteroatoms. The molecule has 1 aromatic carbocycles. The highest BCUT2D eigenvalue weighted by atomic mass is 16.6. The van der Waals surface area contributed by atoms with Crippen molar-refractivity contribution in [2.24, 2.45) is 0 Å². The molecule has 2 N–H and O–H groups in total. The Labute approximate surface area is 103 Å². The van der Waals surface area contributed by atoms with Crippen molar-refractivity contribution < 1.29 is 19.6 Å². The molecule has 1 saturated heterocycles. The topological polar surface area (TPSA) is 102 Å². The standard InChI is InChI=1S/C11H12N2O5/c14-9-4-3-7(13(16)17)6-8(9)12-11(15)10-2-1-5-18-10/h3-4,6,10,14H,1-2,5H2,(H,12,15). The molecule has 0 radical (unpaired) electrons. The molecule has 1 aliphatic heterocycles. The molecule has 1 aliphatic rings. The van der Waals surface area contributed by atoms with Gasteiger partial charge in [-0.1, -0.05) is 0 Å². The number of hydrogen-bond donors (Lipinski definition) is 2. The number of phenols is 1. The lowest BCUT2D eigenvalue weighted by atomic mass is 10.2. The van der Waals surface area contributed by atoms with Gasteiger partial charge >= 0.3 is 0 Å². The fourth-order valence-corrected chi connectivity index (χ4v) is 1.74. The lowest BCUT2D eigenvalue weighted by Crippen LogP contribution is -2.26. The minimum atomic E-state index is -0.596. The SMILES string of the molecule is O=C(Nc1cc([N+](=O)[O-])ccc1O)C1CCCO1. The minimum Gasteiger partial charge on any atom is -0.506 e. The number of nitrogens with zero attached hydrogens (tertiary/aromatic N) is 1. The lowest BCUT2D eigenvalue weighted by Gasteiger charge is -2.11. The van der Waals surface area contributed by atoms with Gasteiger partial charge in [0.05, 0.1) is 10.6 Å². The van der Waals surface area contributed by atoms with Crippen LogP contribution in [0.3, 0.4) is 0 Å². The fraction of sp³-hybridized carbons (Fsp3) is 0.364. The van der Waals surface area contributed by atoms with Crippen molar-refractivity contribution in [3.63, 3.8) is 0 Å². The number of non-ortho nitro benzene ring substituents is 1. The average Bonchev–Trinajstić information content (AvgIpc) is 2.85. The Hall–Kier alpha value is -2.15. The van der Waals surface area contributed by atoms with Crippen LogP contribution in [-0.4, -0.2) is 28.6 Å². The first-order valence-electron chi connectivity index (χ1n) is 5.48. The van der Waals surface area contributed by atoms with Crippen molar-refractivity contribution in [2.45, 2.75) is 18.9 Å². The molecule has 7 nitrogen and oxygen atoms in total. The number of carbonyl (C=O) groups excluding carboxylic acids is 1. The first kappa shape index (κ1) is 12.3. The van der Waals surface area contributed by atoms with Crippen LogP contribution in [-0.2, 0) is 9.53 Å². The summed E-state index contributed by atoms with van der Waals surface area (Å²) in [4.78, 5) is 21.7. The molecule has 1 unspecified atom stereocenters. The Bertz CT molecular complexity index is 482. The van der Waals surface area contributed by atoms with Crippen LogP contribution in [0, 0.1) is 10.1 Å². The number of nitro benzene ring substituents is 1. The third-order valence-corrected chi connectivity index (χ3v) is 2.67. The van der Waals surface area contributed by atoms with E-state index in [-0.39, 0.29) is 17.1 Å². The molecule has 18 heavy (non-hydrogen) atoms. The zero-order chi connectivity index (χ0) is 13.1. The highest BCUT2D eigenvalue weighted by Crippen LogP contribution is 2.28. The van der Waals surface area contributed by atoms with Crippen LogP contribution in [0.25, 0.3) is 0 Å². The van der Waals surface area contributed by atoms with E-state index in [1.165, 1.54) is 6.07 Å². The van der Waals surface area contributed by atoms with Crippen LogP contribution in [0.15, 0.2) is 18.2 Å². The number of phenolic OH excluding ortho intramolecular Hbond substituents is 1. The minimum absolute atomic E-state index is 0.0182. The monoisotopic (exact) mass is 252 g/mol. The molecule has 1 heterocycles. The van der Waals surface area contributed by atoms with E-state index < -0.39 is 16.9 Å². The summed E-state index contributed by atoms with van der Waals surface area (Å²) in [6.07, 6.45) is 0.865. The summed E-state index contributed by atoms with van der Waals surface area (Å²) in [5.74, 6) is -0.616. The maximum absolute atomic E-state index is 11.7. The van der Waals surface area contributed by atoms with E-state index in [0.717, 1.165) is 18.6 Å². The molecule has 0 saturated carbocycles. The molecule has 1 atom stereocenters. The normalized spacial score (nSPS) is 18.6. The highest BCUT2D eigenvalue weighted by Gasteiger charge is 2.24. The van der Waals surface area contributed by atoms with Crippen LogP contribution in [0.1, 0.15) is 12.8 Å². The molecule has 0 bridgehead atoms. The van der Waals surface area contributed by atoms with Gasteiger partial charge in [0.25, 0.3) is 11.6 Å². The Kier molecular flexibility index (Phi) is 3.42. The van der Waals surface area contributed by atoms with Crippen molar-refractivity contribution in [1.29, 1.82) is 0 Å². The summed E-state index contributed by atoms with van der Waals surface area (Å²) in [6.45, 7) is 0.527. The summed E-state index contributed by atoms with van der Waals surface area (Å²) < 4.78 is 5.18. The van der Waals surface area contributed by atoms with E-state index in [1.54, 1.807) is 0 Å². The summed E-state index contributed by atoms with van der Waals surface area (Å²) >= 11 is 0. The number of anilines is 1. The second-order valence-corrected chi connectivity index (χ2v) is 3.95. The number of aromatic hydroxyl groups is 1. The molecule has 1 aromatic rings. The van der Waals surface area contributed by atoms with Crippen LogP contribution < -0.4 is 5.32 Å². The van der Waals surface area contributed by atoms with Crippen LogP contribution in [0.5, 0.6) is 5.75 Å². The third kappa shape index (κ3) is 2.57. The highest BCUT2D eigenvalue weighted by molar-refractivity contribution is 5.95. The molecule has 0 aliphatic carbocycles. The van der Waals surface area contributed by atoms with Gasteiger partial charge in [-0.25, -0.2) is 0 Å². The maximum atomic E-state index is 11.7. The van der Waals surface area contributed by atoms with E-state index in [9.17, 15) is 20.0 Å². The summed E-state index contributed by atoms with van der Waals surface area (Å²) in [5, 5.41) is 22.6. The second kappa shape index (κ2) is 5.01. The van der Waals surface area contributed by atoms with Gasteiger partial charge in [-0.3, -0.25) is 14.9 Å². The summed E-state index contributed by atoms with van der Waals surface area (Å²) in [6, 6.07) is 3.45. The van der Waals surface area contributed by atoms with Crippen molar-refractivity contribution >= 4 is 17.3 Å². The Morgan fingerprint density at radius 1 is 1.56 bits per heavy atom. The van der Waals surface area contributed by atoms with Gasteiger partial charge in [-0.15, -0.1) is 0 Å². The average molecular weight is 252 g/mol. The smallest absolute Gasteiger partial charge is 0.271 e. The number of rotatable bonds is 3. The molecule has 0 aromatic heterocycles. The number of ether oxygens (including phenoxy) is 1. The van der Waals surface area contributed by atoms with Crippen LogP contribution in [0.4, 0.5) is 11.4 Å². The number of nitro groups is 1. The third-order valence-electron chi connectivity index (χ3n) is 2.67. The zero-order valence-corrected chi connectivity index (χ0v) is 9.46. The number of amides is 1. The van der Waals surface area contributed by atoms with Gasteiger partial charge < -0.3 is 15.2 Å². The summed E-state index contributed by atoms with van der Waals surface area (Å²) in [7, 11) is 0. The maximum Gasteiger partial charge on any atom is 0.271 e. The van der Waals surface area contributed by atoms with E-state index in [1.807, 2.05) is 0 Å². The Morgan fingerprint density at radius 2 is 2.33 bits per heavy atom. The van der Waals surface area contributed by atoms with Gasteiger partial charge in [0.2, 0.25) is 0 Å². The van der Waals surface area contributed by atoms with Crippen molar-refractivity contribution in [2.75, 3.05) is 11.9 Å². The molecule has 1 fully saturated rings. The molecule has 1 amide bonds. The first-order valence-corrected chi connectivity index (χ1v) is 5.48. The predicted octanol–water partition coefficient (Wildman–Crippen LogP) is 1.42. The van der Waals surface area contributed by atoms with Crippen molar-refractivity contribution in [1.82, 2.24) is 0 Å². The molecule has 0 spiro atoms. The van der Waals surface area contributed by atoms with Gasteiger partial charge in [-0.2, -0.15) is 0 Å².